The highest BCUT2D eigenvalue weighted by atomic mass is 16.7. The Morgan fingerprint density at radius 3 is 2.75 bits per heavy atom. The zero-order valence-corrected chi connectivity index (χ0v) is 11.5. The van der Waals surface area contributed by atoms with E-state index in [9.17, 15) is 4.79 Å². The average molecular weight is 279 g/mol. The number of fused-ring (bicyclic) bond motifs is 2. The minimum absolute atomic E-state index is 0.00508. The number of nitrogens with zero attached hydrogens (tertiary/aromatic N) is 2. The number of urea groups is 1. The predicted molar refractivity (Wildman–Crippen MR) is 76.5 cm³/mol. The van der Waals surface area contributed by atoms with Crippen LogP contribution in [0.1, 0.15) is 12.8 Å². The quantitative estimate of drug-likeness (QED) is 0.607. The van der Waals surface area contributed by atoms with Gasteiger partial charge in [-0.15, -0.1) is 0 Å². The molecule has 2 N–H and O–H groups in total. The summed E-state index contributed by atoms with van der Waals surface area (Å²) in [6, 6.07) is 0.209. The van der Waals surface area contributed by atoms with E-state index in [0.29, 0.717) is 6.61 Å². The second kappa shape index (κ2) is 8.16. The van der Waals surface area contributed by atoms with Crippen molar-refractivity contribution in [3.8, 4) is 0 Å². The number of nitrogens with two attached hydrogens (primary N) is 1. The van der Waals surface area contributed by atoms with Crippen LogP contribution >= 0.6 is 0 Å². The number of amides is 3. The summed E-state index contributed by atoms with van der Waals surface area (Å²) in [5.74, 6) is 0. The van der Waals surface area contributed by atoms with Crippen molar-refractivity contribution >= 4 is 12.4 Å². The van der Waals surface area contributed by atoms with E-state index >= 15 is 0 Å². The molecule has 0 aliphatic carbocycles. The largest absolute Gasteiger partial charge is 0.372 e. The van der Waals surface area contributed by atoms with Crippen LogP contribution in [-0.4, -0.2) is 48.1 Å². The van der Waals surface area contributed by atoms with Crippen molar-refractivity contribution in [2.45, 2.75) is 18.9 Å². The van der Waals surface area contributed by atoms with Crippen molar-refractivity contribution in [3.05, 3.63) is 37.0 Å². The number of hydroxylamine groups is 2. The first kappa shape index (κ1) is 16.0. The Kier molecular flexibility index (Phi) is 6.52. The van der Waals surface area contributed by atoms with Crippen LogP contribution in [0.3, 0.4) is 0 Å². The summed E-state index contributed by atoms with van der Waals surface area (Å²) in [5.41, 5.74) is 5.09. The van der Waals surface area contributed by atoms with Crippen molar-refractivity contribution in [2.24, 2.45) is 5.73 Å². The normalized spacial score (nSPS) is 21.1. The van der Waals surface area contributed by atoms with Gasteiger partial charge in [-0.1, -0.05) is 31.4 Å². The summed E-state index contributed by atoms with van der Waals surface area (Å²) < 4.78 is 0. The maximum absolute atomic E-state index is 11.9. The summed E-state index contributed by atoms with van der Waals surface area (Å²) in [6.45, 7) is 9.35. The third-order valence-corrected chi connectivity index (χ3v) is 3.15. The number of carbonyl (C=O) groups excluding carboxylic acids is 2. The molecule has 2 heterocycles. The SMILES string of the molecule is C=C/C=C(\C=C)CON1C(=O)N2CCCC1C2.NC=O. The first-order valence-corrected chi connectivity index (χ1v) is 6.48. The van der Waals surface area contributed by atoms with Gasteiger partial charge in [0.1, 0.15) is 6.61 Å². The van der Waals surface area contributed by atoms with Gasteiger partial charge in [0, 0.05) is 13.1 Å². The maximum Gasteiger partial charge on any atom is 0.344 e. The summed E-state index contributed by atoms with van der Waals surface area (Å²) in [6.07, 6.45) is 7.58. The number of hydrogen-bond acceptors (Lipinski definition) is 3. The third-order valence-electron chi connectivity index (χ3n) is 3.15. The summed E-state index contributed by atoms with van der Waals surface area (Å²) in [7, 11) is 0. The average Bonchev–Trinajstić information content (AvgIpc) is 2.66. The van der Waals surface area contributed by atoms with Crippen molar-refractivity contribution in [1.29, 1.82) is 0 Å². The van der Waals surface area contributed by atoms with Crippen LogP contribution in [0.2, 0.25) is 0 Å². The molecular formula is C14H21N3O3. The van der Waals surface area contributed by atoms with Gasteiger partial charge in [-0.3, -0.25) is 9.63 Å². The molecule has 2 saturated heterocycles. The minimum Gasteiger partial charge on any atom is -0.372 e. The number of piperidine rings is 1. The Morgan fingerprint density at radius 1 is 1.50 bits per heavy atom. The topological polar surface area (TPSA) is 75.9 Å². The van der Waals surface area contributed by atoms with E-state index in [4.69, 9.17) is 9.63 Å². The standard InChI is InChI=1S/C13H18N2O2.CH3NO/c1-3-6-11(4-2)10-17-15-12-7-5-8-14(9-12)13(15)16;2-1-3/h3-4,6,12H,1-2,5,7-10H2;1H,(H2,2,3)/b11-6+;. The van der Waals surface area contributed by atoms with Gasteiger partial charge >= 0.3 is 6.03 Å². The molecule has 1 atom stereocenters. The molecule has 3 amide bonds. The maximum atomic E-state index is 11.9. The molecule has 0 spiro atoms. The van der Waals surface area contributed by atoms with Crippen LogP contribution < -0.4 is 5.73 Å². The molecule has 2 aliphatic heterocycles. The second-order valence-electron chi connectivity index (χ2n) is 4.44. The smallest absolute Gasteiger partial charge is 0.344 e. The van der Waals surface area contributed by atoms with E-state index in [1.165, 1.54) is 5.06 Å². The van der Waals surface area contributed by atoms with Gasteiger partial charge in [-0.05, 0) is 18.4 Å². The molecule has 2 aliphatic rings. The Labute approximate surface area is 119 Å². The Balaban J connectivity index is 0.000000612. The molecule has 6 heteroatoms. The van der Waals surface area contributed by atoms with Crippen LogP contribution in [0.25, 0.3) is 0 Å². The van der Waals surface area contributed by atoms with E-state index in [0.717, 1.165) is 31.5 Å². The molecule has 0 aromatic rings. The lowest BCUT2D eigenvalue weighted by Crippen LogP contribution is -2.33. The van der Waals surface area contributed by atoms with E-state index in [2.05, 4.69) is 18.9 Å². The zero-order valence-electron chi connectivity index (χ0n) is 11.5. The highest BCUT2D eigenvalue weighted by molar-refractivity contribution is 5.76. The fourth-order valence-corrected chi connectivity index (χ4v) is 2.25. The molecule has 0 saturated carbocycles. The highest BCUT2D eigenvalue weighted by Crippen LogP contribution is 2.25. The van der Waals surface area contributed by atoms with Crippen molar-refractivity contribution in [2.75, 3.05) is 19.7 Å². The molecule has 2 bridgehead atoms. The van der Waals surface area contributed by atoms with E-state index in [1.807, 2.05) is 11.0 Å². The van der Waals surface area contributed by atoms with Crippen molar-refractivity contribution in [1.82, 2.24) is 9.96 Å². The Bertz CT molecular complexity index is 406. The van der Waals surface area contributed by atoms with Gasteiger partial charge in [-0.2, -0.15) is 5.06 Å². The van der Waals surface area contributed by atoms with Crippen molar-refractivity contribution in [3.63, 3.8) is 0 Å². The van der Waals surface area contributed by atoms with E-state index in [-0.39, 0.29) is 18.5 Å². The van der Waals surface area contributed by atoms with Gasteiger partial charge in [0.2, 0.25) is 6.41 Å². The number of hydrogen-bond donors (Lipinski definition) is 1. The third kappa shape index (κ3) is 3.96. The molecule has 20 heavy (non-hydrogen) atoms. The number of allylic oxidation sites excluding steroid dienone is 2. The molecule has 0 radical (unpaired) electrons. The summed E-state index contributed by atoms with van der Waals surface area (Å²) in [4.78, 5) is 27.9. The minimum atomic E-state index is -0.00508. The highest BCUT2D eigenvalue weighted by Gasteiger charge is 2.40. The second-order valence-corrected chi connectivity index (χ2v) is 4.44. The number of rotatable bonds is 5. The van der Waals surface area contributed by atoms with Crippen molar-refractivity contribution < 1.29 is 14.4 Å². The Hall–Kier alpha value is -2.08. The zero-order chi connectivity index (χ0) is 15.0. The Morgan fingerprint density at radius 2 is 2.20 bits per heavy atom. The number of primary amides is 1. The molecular weight excluding hydrogens is 258 g/mol. The fourth-order valence-electron chi connectivity index (χ4n) is 2.25. The molecule has 2 rings (SSSR count). The lowest BCUT2D eigenvalue weighted by Gasteiger charge is -2.22. The van der Waals surface area contributed by atoms with Crippen LogP contribution in [-0.2, 0) is 9.63 Å². The van der Waals surface area contributed by atoms with Crippen LogP contribution in [0.5, 0.6) is 0 Å². The van der Waals surface area contributed by atoms with Crippen LogP contribution in [0.4, 0.5) is 4.79 Å². The number of carbonyl (C=O) groups is 2. The van der Waals surface area contributed by atoms with E-state index < -0.39 is 0 Å². The van der Waals surface area contributed by atoms with Gasteiger partial charge in [0.15, 0.2) is 0 Å². The predicted octanol–water partition coefficient (Wildman–Crippen LogP) is 1.22. The van der Waals surface area contributed by atoms with E-state index in [1.54, 1.807) is 12.2 Å². The molecule has 2 fully saturated rings. The van der Waals surface area contributed by atoms with Crippen LogP contribution in [0.15, 0.2) is 37.0 Å². The molecule has 110 valence electrons. The first-order valence-electron chi connectivity index (χ1n) is 6.48. The van der Waals surface area contributed by atoms with Gasteiger partial charge in [-0.25, -0.2) is 4.79 Å². The molecule has 1 unspecified atom stereocenters. The molecule has 6 nitrogen and oxygen atoms in total. The summed E-state index contributed by atoms with van der Waals surface area (Å²) in [5, 5.41) is 1.52. The molecule has 0 aromatic carbocycles. The van der Waals surface area contributed by atoms with Gasteiger partial charge in [0.05, 0.1) is 6.04 Å². The van der Waals surface area contributed by atoms with Gasteiger partial charge in [0.25, 0.3) is 0 Å². The fraction of sp³-hybridized carbons (Fsp3) is 0.429. The lowest BCUT2D eigenvalue weighted by atomic mass is 10.1. The summed E-state index contributed by atoms with van der Waals surface area (Å²) >= 11 is 0. The molecule has 0 aromatic heterocycles. The first-order chi connectivity index (χ1) is 9.67. The van der Waals surface area contributed by atoms with Crippen LogP contribution in [0, 0.1) is 0 Å². The van der Waals surface area contributed by atoms with Gasteiger partial charge < -0.3 is 10.6 Å². The lowest BCUT2D eigenvalue weighted by molar-refractivity contribution is -0.119. The monoisotopic (exact) mass is 279 g/mol.